The largest absolute Gasteiger partial charge is 0.395 e. The molecule has 0 aromatic carbocycles. The van der Waals surface area contributed by atoms with Gasteiger partial charge >= 0.3 is 0 Å². The first kappa shape index (κ1) is 10.4. The molecule has 0 aliphatic carbocycles. The van der Waals surface area contributed by atoms with Gasteiger partial charge in [0.2, 0.25) is 0 Å². The fraction of sp³-hybridized carbons (Fsp3) is 0.857. The maximum absolute atomic E-state index is 9.28. The first-order valence-corrected chi connectivity index (χ1v) is 3.92. The van der Waals surface area contributed by atoms with E-state index in [0.717, 1.165) is 0 Å². The van der Waals surface area contributed by atoms with Crippen molar-refractivity contribution >= 4 is 0 Å². The number of nitrogens with one attached hydrogen (secondary N) is 1. The summed E-state index contributed by atoms with van der Waals surface area (Å²) < 4.78 is 0. The van der Waals surface area contributed by atoms with Crippen LogP contribution in [0, 0.1) is 11.3 Å². The van der Waals surface area contributed by atoms with E-state index in [2.05, 4.69) is 5.32 Å². The summed E-state index contributed by atoms with van der Waals surface area (Å²) in [5.74, 6) is 0. The molecule has 6 heteroatoms. The Balaban J connectivity index is 2.73. The van der Waals surface area contributed by atoms with E-state index in [-0.39, 0.29) is 0 Å². The molecule has 6 nitrogen and oxygen atoms in total. The molecule has 5 unspecified atom stereocenters. The molecule has 1 aliphatic heterocycles. The minimum Gasteiger partial charge on any atom is -0.395 e. The molecule has 1 rings (SSSR count). The Morgan fingerprint density at radius 3 is 2.23 bits per heavy atom. The molecule has 5 N–H and O–H groups in total. The van der Waals surface area contributed by atoms with E-state index in [0.29, 0.717) is 0 Å². The summed E-state index contributed by atoms with van der Waals surface area (Å²) in [5, 5.41) is 47.6. The van der Waals surface area contributed by atoms with Gasteiger partial charge in [0.15, 0.2) is 0 Å². The van der Waals surface area contributed by atoms with Crippen molar-refractivity contribution in [1.82, 2.24) is 5.32 Å². The van der Waals surface area contributed by atoms with E-state index in [1.54, 1.807) is 6.07 Å². The van der Waals surface area contributed by atoms with Crippen molar-refractivity contribution in [2.75, 3.05) is 6.61 Å². The smallest absolute Gasteiger partial charge is 0.125 e. The zero-order valence-corrected chi connectivity index (χ0v) is 6.83. The number of nitriles is 1. The molecule has 74 valence electrons. The van der Waals surface area contributed by atoms with Gasteiger partial charge in [0.25, 0.3) is 0 Å². The van der Waals surface area contributed by atoms with Gasteiger partial charge in [0, 0.05) is 0 Å². The summed E-state index contributed by atoms with van der Waals surface area (Å²) in [6.45, 7) is -0.400. The number of aliphatic hydroxyl groups is 4. The average molecular weight is 188 g/mol. The Morgan fingerprint density at radius 2 is 1.77 bits per heavy atom. The third kappa shape index (κ3) is 1.80. The summed E-state index contributed by atoms with van der Waals surface area (Å²) >= 11 is 0. The molecule has 0 aromatic heterocycles. The predicted molar refractivity (Wildman–Crippen MR) is 41.4 cm³/mol. The van der Waals surface area contributed by atoms with Crippen LogP contribution in [0.25, 0.3) is 0 Å². The number of aliphatic hydroxyl groups excluding tert-OH is 4. The van der Waals surface area contributed by atoms with Gasteiger partial charge in [-0.3, -0.25) is 5.32 Å². The average Bonchev–Trinajstić information content (AvgIpc) is 2.15. The van der Waals surface area contributed by atoms with Crippen LogP contribution in [0.4, 0.5) is 0 Å². The van der Waals surface area contributed by atoms with Crippen molar-refractivity contribution in [2.24, 2.45) is 0 Å². The van der Waals surface area contributed by atoms with Crippen molar-refractivity contribution in [3.8, 4) is 6.07 Å². The Labute approximate surface area is 75.0 Å². The Bertz CT molecular complexity index is 215. The van der Waals surface area contributed by atoms with E-state index in [9.17, 15) is 15.3 Å². The Hall–Kier alpha value is -0.710. The van der Waals surface area contributed by atoms with Gasteiger partial charge in [-0.25, -0.2) is 0 Å². The third-order valence-electron chi connectivity index (χ3n) is 2.18. The maximum atomic E-state index is 9.28. The monoisotopic (exact) mass is 188 g/mol. The zero-order chi connectivity index (χ0) is 10.0. The summed E-state index contributed by atoms with van der Waals surface area (Å²) in [6.07, 6.45) is -3.99. The van der Waals surface area contributed by atoms with Crippen LogP contribution in [-0.2, 0) is 0 Å². The lowest BCUT2D eigenvalue weighted by Gasteiger charge is -2.38. The van der Waals surface area contributed by atoms with Crippen molar-refractivity contribution in [1.29, 1.82) is 5.26 Å². The Morgan fingerprint density at radius 1 is 1.15 bits per heavy atom. The fourth-order valence-corrected chi connectivity index (χ4v) is 1.34. The summed E-state index contributed by atoms with van der Waals surface area (Å²) in [5.41, 5.74) is 0. The highest BCUT2D eigenvalue weighted by Gasteiger charge is 2.41. The van der Waals surface area contributed by atoms with Crippen molar-refractivity contribution in [3.05, 3.63) is 0 Å². The van der Waals surface area contributed by atoms with Crippen LogP contribution in [0.5, 0.6) is 0 Å². The molecule has 0 bridgehead atoms. The van der Waals surface area contributed by atoms with Gasteiger partial charge in [-0.05, 0) is 0 Å². The highest BCUT2D eigenvalue weighted by molar-refractivity contribution is 5.06. The van der Waals surface area contributed by atoms with Gasteiger partial charge in [0.1, 0.15) is 24.4 Å². The molecule has 1 fully saturated rings. The van der Waals surface area contributed by atoms with E-state index < -0.39 is 37.0 Å². The summed E-state index contributed by atoms with van der Waals surface area (Å²) in [4.78, 5) is 0. The minimum absolute atomic E-state index is 0.400. The second-order valence-corrected chi connectivity index (χ2v) is 3.03. The molecule has 0 saturated carbocycles. The molecule has 13 heavy (non-hydrogen) atoms. The number of hydrogen-bond donors (Lipinski definition) is 5. The van der Waals surface area contributed by atoms with Crippen LogP contribution in [0.15, 0.2) is 0 Å². The fourth-order valence-electron chi connectivity index (χ4n) is 1.34. The van der Waals surface area contributed by atoms with Crippen LogP contribution in [-0.4, -0.2) is 57.4 Å². The molecular weight excluding hydrogens is 176 g/mol. The number of piperidine rings is 1. The molecule has 5 atom stereocenters. The van der Waals surface area contributed by atoms with E-state index in [4.69, 9.17) is 10.4 Å². The standard InChI is InChI=1S/C7H12N2O4/c8-1-3-5(11)7(13)6(12)4(2-10)9-3/h3-7,9-13H,2H2. The van der Waals surface area contributed by atoms with Gasteiger partial charge in [0.05, 0.1) is 18.7 Å². The summed E-state index contributed by atoms with van der Waals surface area (Å²) in [7, 11) is 0. The predicted octanol–water partition coefficient (Wildman–Crippen LogP) is -3.07. The first-order chi connectivity index (χ1) is 6.11. The third-order valence-corrected chi connectivity index (χ3v) is 2.18. The van der Waals surface area contributed by atoms with Gasteiger partial charge in [-0.15, -0.1) is 0 Å². The lowest BCUT2D eigenvalue weighted by atomic mass is 9.91. The highest BCUT2D eigenvalue weighted by Crippen LogP contribution is 2.14. The quantitative estimate of drug-likeness (QED) is 0.298. The molecule has 0 aromatic rings. The first-order valence-electron chi connectivity index (χ1n) is 3.92. The van der Waals surface area contributed by atoms with E-state index in [1.807, 2.05) is 0 Å². The normalized spacial score (nSPS) is 45.6. The zero-order valence-electron chi connectivity index (χ0n) is 6.83. The van der Waals surface area contributed by atoms with Crippen molar-refractivity contribution < 1.29 is 20.4 Å². The van der Waals surface area contributed by atoms with Crippen molar-refractivity contribution in [3.63, 3.8) is 0 Å². The van der Waals surface area contributed by atoms with Crippen LogP contribution in [0.1, 0.15) is 0 Å². The lowest BCUT2D eigenvalue weighted by molar-refractivity contribution is -0.111. The number of hydrogen-bond acceptors (Lipinski definition) is 6. The van der Waals surface area contributed by atoms with Gasteiger partial charge in [-0.2, -0.15) is 5.26 Å². The number of nitrogens with zero attached hydrogens (tertiary/aromatic N) is 1. The minimum atomic E-state index is -1.40. The molecule has 0 spiro atoms. The highest BCUT2D eigenvalue weighted by atomic mass is 16.4. The van der Waals surface area contributed by atoms with Crippen LogP contribution < -0.4 is 5.32 Å². The van der Waals surface area contributed by atoms with Gasteiger partial charge in [-0.1, -0.05) is 0 Å². The molecular formula is C7H12N2O4. The molecule has 1 saturated heterocycles. The second kappa shape index (κ2) is 4.00. The molecule has 1 aliphatic rings. The SMILES string of the molecule is N#CC1NC(CO)C(O)C(O)C1O. The number of rotatable bonds is 1. The lowest BCUT2D eigenvalue weighted by Crippen LogP contribution is -2.65. The summed E-state index contributed by atoms with van der Waals surface area (Å²) in [6, 6.07) is -0.0118. The van der Waals surface area contributed by atoms with Crippen molar-refractivity contribution in [2.45, 2.75) is 30.4 Å². The Kier molecular flexibility index (Phi) is 3.19. The molecule has 0 amide bonds. The van der Waals surface area contributed by atoms with Crippen LogP contribution in [0.2, 0.25) is 0 Å². The topological polar surface area (TPSA) is 117 Å². The van der Waals surface area contributed by atoms with E-state index in [1.165, 1.54) is 0 Å². The second-order valence-electron chi connectivity index (χ2n) is 3.03. The van der Waals surface area contributed by atoms with Crippen LogP contribution in [0.3, 0.4) is 0 Å². The van der Waals surface area contributed by atoms with Gasteiger partial charge < -0.3 is 20.4 Å². The maximum Gasteiger partial charge on any atom is 0.125 e. The van der Waals surface area contributed by atoms with Crippen LogP contribution >= 0.6 is 0 Å². The van der Waals surface area contributed by atoms with E-state index >= 15 is 0 Å². The molecule has 0 radical (unpaired) electrons. The molecule has 1 heterocycles.